The lowest BCUT2D eigenvalue weighted by Crippen LogP contribution is -2.35. The molecule has 1 aliphatic heterocycles. The minimum absolute atomic E-state index is 0.312. The molecule has 1 saturated heterocycles. The van der Waals surface area contributed by atoms with Gasteiger partial charge in [0.1, 0.15) is 5.01 Å². The summed E-state index contributed by atoms with van der Waals surface area (Å²) in [6, 6.07) is 0. The predicted octanol–water partition coefficient (Wildman–Crippen LogP) is 2.48. The summed E-state index contributed by atoms with van der Waals surface area (Å²) < 4.78 is 0. The maximum absolute atomic E-state index is 8.99. The van der Waals surface area contributed by atoms with Crippen LogP contribution in [-0.2, 0) is 12.4 Å². The molecule has 0 radical (unpaired) electrons. The number of piperidine rings is 1. The molecule has 1 N–H and O–H groups in total. The molecule has 0 amide bonds. The van der Waals surface area contributed by atoms with Gasteiger partial charge >= 0.3 is 0 Å². The molecular formula is C12H19ClN2OS. The second-order valence-electron chi connectivity index (χ2n) is 4.62. The quantitative estimate of drug-likeness (QED) is 0.838. The van der Waals surface area contributed by atoms with E-state index in [9.17, 15) is 0 Å². The maximum Gasteiger partial charge on any atom is 0.107 e. The number of aliphatic hydroxyl groups is 1. The van der Waals surface area contributed by atoms with Crippen LogP contribution < -0.4 is 0 Å². The van der Waals surface area contributed by atoms with Crippen LogP contribution >= 0.6 is 22.9 Å². The van der Waals surface area contributed by atoms with Crippen LogP contribution in [0.2, 0.25) is 0 Å². The van der Waals surface area contributed by atoms with Crippen LogP contribution in [0.15, 0.2) is 5.38 Å². The number of aromatic nitrogens is 1. The number of thiazole rings is 1. The monoisotopic (exact) mass is 274 g/mol. The van der Waals surface area contributed by atoms with Crippen molar-refractivity contribution in [3.8, 4) is 0 Å². The number of nitrogens with zero attached hydrogens (tertiary/aromatic N) is 2. The standard InChI is InChI=1S/C12H19ClN2OS/c13-6-11-9-17-12(14-11)8-15-4-1-2-10(7-15)3-5-16/h9-10,16H,1-8H2. The Balaban J connectivity index is 1.85. The molecule has 0 bridgehead atoms. The highest BCUT2D eigenvalue weighted by Gasteiger charge is 2.20. The van der Waals surface area contributed by atoms with Gasteiger partial charge in [0.2, 0.25) is 0 Å². The van der Waals surface area contributed by atoms with E-state index in [1.54, 1.807) is 11.3 Å². The molecule has 0 aromatic carbocycles. The zero-order chi connectivity index (χ0) is 12.1. The summed E-state index contributed by atoms with van der Waals surface area (Å²) in [7, 11) is 0. The van der Waals surface area contributed by atoms with Crippen LogP contribution in [0, 0.1) is 5.92 Å². The lowest BCUT2D eigenvalue weighted by atomic mass is 9.95. The fourth-order valence-electron chi connectivity index (χ4n) is 2.39. The Morgan fingerprint density at radius 3 is 3.18 bits per heavy atom. The van der Waals surface area contributed by atoms with Crippen molar-refractivity contribution in [2.24, 2.45) is 5.92 Å². The van der Waals surface area contributed by atoms with Crippen LogP contribution in [0.3, 0.4) is 0 Å². The van der Waals surface area contributed by atoms with Crippen molar-refractivity contribution in [3.05, 3.63) is 16.1 Å². The van der Waals surface area contributed by atoms with Crippen molar-refractivity contribution in [3.63, 3.8) is 0 Å². The van der Waals surface area contributed by atoms with Crippen molar-refractivity contribution in [2.45, 2.75) is 31.7 Å². The number of halogens is 1. The third kappa shape index (κ3) is 3.91. The average molecular weight is 275 g/mol. The fraction of sp³-hybridized carbons (Fsp3) is 0.750. The number of aliphatic hydroxyl groups excluding tert-OH is 1. The first-order valence-electron chi connectivity index (χ1n) is 6.14. The van der Waals surface area contributed by atoms with E-state index in [-0.39, 0.29) is 0 Å². The molecule has 2 rings (SSSR count). The summed E-state index contributed by atoms with van der Waals surface area (Å²) in [6.45, 7) is 3.49. The van der Waals surface area contributed by atoms with Crippen LogP contribution in [-0.4, -0.2) is 34.7 Å². The SMILES string of the molecule is OCCC1CCCN(Cc2nc(CCl)cs2)C1. The first-order valence-corrected chi connectivity index (χ1v) is 7.55. The molecule has 1 atom stereocenters. The largest absolute Gasteiger partial charge is 0.396 e. The van der Waals surface area contributed by atoms with Gasteiger partial charge in [0.05, 0.1) is 18.1 Å². The van der Waals surface area contributed by atoms with Gasteiger partial charge in [-0.3, -0.25) is 4.90 Å². The van der Waals surface area contributed by atoms with Gasteiger partial charge in [0.25, 0.3) is 0 Å². The van der Waals surface area contributed by atoms with Crippen LogP contribution in [0.25, 0.3) is 0 Å². The number of likely N-dealkylation sites (tertiary alicyclic amines) is 1. The summed E-state index contributed by atoms with van der Waals surface area (Å²) in [5.74, 6) is 1.16. The molecule has 1 aromatic heterocycles. The van der Waals surface area contributed by atoms with Gasteiger partial charge in [-0.15, -0.1) is 22.9 Å². The van der Waals surface area contributed by atoms with Crippen LogP contribution in [0.1, 0.15) is 30.0 Å². The highest BCUT2D eigenvalue weighted by molar-refractivity contribution is 7.09. The number of rotatable bonds is 5. The minimum Gasteiger partial charge on any atom is -0.396 e. The van der Waals surface area contributed by atoms with Gasteiger partial charge in [0, 0.05) is 18.5 Å². The highest BCUT2D eigenvalue weighted by atomic mass is 35.5. The van der Waals surface area contributed by atoms with E-state index in [4.69, 9.17) is 16.7 Å². The molecule has 1 fully saturated rings. The van der Waals surface area contributed by atoms with Gasteiger partial charge in [0.15, 0.2) is 0 Å². The van der Waals surface area contributed by atoms with Gasteiger partial charge < -0.3 is 5.11 Å². The molecular weight excluding hydrogens is 256 g/mol. The smallest absolute Gasteiger partial charge is 0.107 e. The Bertz CT molecular complexity index is 343. The van der Waals surface area contributed by atoms with E-state index in [2.05, 4.69) is 9.88 Å². The van der Waals surface area contributed by atoms with Gasteiger partial charge in [-0.2, -0.15) is 0 Å². The molecule has 3 nitrogen and oxygen atoms in total. The van der Waals surface area contributed by atoms with Gasteiger partial charge in [-0.1, -0.05) is 0 Å². The third-order valence-electron chi connectivity index (χ3n) is 3.24. The van der Waals surface area contributed by atoms with E-state index in [1.165, 1.54) is 12.8 Å². The minimum atomic E-state index is 0.312. The molecule has 0 aliphatic carbocycles. The number of hydrogen-bond acceptors (Lipinski definition) is 4. The first kappa shape index (κ1) is 13.3. The predicted molar refractivity (Wildman–Crippen MR) is 71.4 cm³/mol. The Hall–Kier alpha value is -0.160. The number of hydrogen-bond donors (Lipinski definition) is 1. The van der Waals surface area contributed by atoms with Crippen LogP contribution in [0.4, 0.5) is 0 Å². The van der Waals surface area contributed by atoms with Gasteiger partial charge in [-0.05, 0) is 31.7 Å². The van der Waals surface area contributed by atoms with E-state index < -0.39 is 0 Å². The lowest BCUT2D eigenvalue weighted by molar-refractivity contribution is 0.142. The van der Waals surface area contributed by atoms with Crippen molar-refractivity contribution in [1.29, 1.82) is 0 Å². The number of alkyl halides is 1. The molecule has 1 aromatic rings. The Morgan fingerprint density at radius 2 is 2.47 bits per heavy atom. The third-order valence-corrected chi connectivity index (χ3v) is 4.39. The summed E-state index contributed by atoms with van der Waals surface area (Å²) in [6.07, 6.45) is 3.42. The zero-order valence-corrected chi connectivity index (χ0v) is 11.5. The molecule has 5 heteroatoms. The Morgan fingerprint density at radius 1 is 1.59 bits per heavy atom. The van der Waals surface area contributed by atoms with Crippen molar-refractivity contribution < 1.29 is 5.11 Å². The molecule has 96 valence electrons. The van der Waals surface area contributed by atoms with E-state index in [1.807, 2.05) is 5.38 Å². The summed E-state index contributed by atoms with van der Waals surface area (Å²) in [5, 5.41) is 12.2. The van der Waals surface area contributed by atoms with Crippen molar-refractivity contribution in [1.82, 2.24) is 9.88 Å². The second kappa shape index (κ2) is 6.69. The summed E-state index contributed by atoms with van der Waals surface area (Å²) >= 11 is 7.45. The van der Waals surface area contributed by atoms with Crippen molar-refractivity contribution in [2.75, 3.05) is 19.7 Å². The first-order chi connectivity index (χ1) is 8.31. The molecule has 0 spiro atoms. The Labute approximate surface area is 111 Å². The summed E-state index contributed by atoms with van der Waals surface area (Å²) in [5.41, 5.74) is 0.982. The molecule has 2 heterocycles. The van der Waals surface area contributed by atoms with E-state index in [0.29, 0.717) is 18.4 Å². The second-order valence-corrected chi connectivity index (χ2v) is 5.83. The molecule has 17 heavy (non-hydrogen) atoms. The lowest BCUT2D eigenvalue weighted by Gasteiger charge is -2.31. The fourth-order valence-corrected chi connectivity index (χ4v) is 3.45. The zero-order valence-electron chi connectivity index (χ0n) is 9.94. The molecule has 0 saturated carbocycles. The molecule has 1 unspecified atom stereocenters. The van der Waals surface area contributed by atoms with Crippen molar-refractivity contribution >= 4 is 22.9 Å². The van der Waals surface area contributed by atoms with E-state index in [0.717, 1.165) is 36.8 Å². The van der Waals surface area contributed by atoms with E-state index >= 15 is 0 Å². The topological polar surface area (TPSA) is 36.4 Å². The Kier molecular flexibility index (Phi) is 5.22. The molecule has 1 aliphatic rings. The van der Waals surface area contributed by atoms with Crippen LogP contribution in [0.5, 0.6) is 0 Å². The average Bonchev–Trinajstić information content (AvgIpc) is 2.78. The maximum atomic E-state index is 8.99. The van der Waals surface area contributed by atoms with Gasteiger partial charge in [-0.25, -0.2) is 4.98 Å². The normalized spacial score (nSPS) is 21.9. The summed E-state index contributed by atoms with van der Waals surface area (Å²) in [4.78, 5) is 6.93. The highest BCUT2D eigenvalue weighted by Crippen LogP contribution is 2.22.